The van der Waals surface area contributed by atoms with Crippen molar-refractivity contribution in [2.75, 3.05) is 6.54 Å². The Kier molecular flexibility index (Phi) is 5.12. The van der Waals surface area contributed by atoms with Gasteiger partial charge in [-0.3, -0.25) is 4.79 Å². The Bertz CT molecular complexity index is 835. The Morgan fingerprint density at radius 1 is 1.22 bits per heavy atom. The zero-order valence-corrected chi connectivity index (χ0v) is 13.4. The molecule has 122 valence electrons. The van der Waals surface area contributed by atoms with Crippen LogP contribution in [0.1, 0.15) is 21.5 Å². The molecule has 0 atom stereocenters. The molecule has 1 amide bonds. The first-order valence-corrected chi connectivity index (χ1v) is 8.48. The van der Waals surface area contributed by atoms with E-state index in [0.29, 0.717) is 18.5 Å². The molecule has 0 aliphatic heterocycles. The van der Waals surface area contributed by atoms with E-state index in [1.54, 1.807) is 19.1 Å². The molecule has 0 bridgehead atoms. The molecule has 0 saturated heterocycles. The van der Waals surface area contributed by atoms with Crippen molar-refractivity contribution in [1.82, 2.24) is 5.32 Å². The molecule has 0 spiro atoms. The summed E-state index contributed by atoms with van der Waals surface area (Å²) >= 11 is 0. The molecule has 0 radical (unpaired) electrons. The number of halogens is 1. The molecule has 0 heterocycles. The summed E-state index contributed by atoms with van der Waals surface area (Å²) in [6, 6.07) is 10.4. The van der Waals surface area contributed by atoms with Crippen LogP contribution in [0.15, 0.2) is 47.4 Å². The Balaban J connectivity index is 2.04. The van der Waals surface area contributed by atoms with Gasteiger partial charge in [-0.1, -0.05) is 18.2 Å². The summed E-state index contributed by atoms with van der Waals surface area (Å²) in [4.78, 5) is 12.0. The monoisotopic (exact) mass is 336 g/mol. The number of nitrogens with two attached hydrogens (primary N) is 1. The lowest BCUT2D eigenvalue weighted by molar-refractivity contribution is 0.0954. The lowest BCUT2D eigenvalue weighted by atomic mass is 10.1. The van der Waals surface area contributed by atoms with E-state index in [2.05, 4.69) is 5.32 Å². The van der Waals surface area contributed by atoms with Crippen LogP contribution in [0, 0.1) is 12.7 Å². The first kappa shape index (κ1) is 17.1. The normalized spacial score (nSPS) is 11.3. The molecular weight excluding hydrogens is 319 g/mol. The predicted octanol–water partition coefficient (Wildman–Crippen LogP) is 1.75. The van der Waals surface area contributed by atoms with Crippen LogP contribution in [-0.4, -0.2) is 20.9 Å². The molecule has 23 heavy (non-hydrogen) atoms. The highest BCUT2D eigenvalue weighted by Gasteiger charge is 2.15. The molecule has 2 rings (SSSR count). The molecule has 2 aromatic rings. The molecule has 3 N–H and O–H groups in total. The minimum Gasteiger partial charge on any atom is -0.352 e. The summed E-state index contributed by atoms with van der Waals surface area (Å²) in [5, 5.41) is 7.79. The number of benzene rings is 2. The fourth-order valence-electron chi connectivity index (χ4n) is 2.16. The van der Waals surface area contributed by atoms with Crippen LogP contribution in [0.4, 0.5) is 4.39 Å². The second-order valence-electron chi connectivity index (χ2n) is 5.16. The Morgan fingerprint density at radius 3 is 2.61 bits per heavy atom. The number of carbonyl (C=O) groups is 1. The van der Waals surface area contributed by atoms with E-state index in [1.165, 1.54) is 30.3 Å². The minimum atomic E-state index is -3.88. The number of amides is 1. The van der Waals surface area contributed by atoms with E-state index >= 15 is 0 Å². The fraction of sp³-hybridized carbons (Fsp3) is 0.188. The number of rotatable bonds is 5. The van der Waals surface area contributed by atoms with Gasteiger partial charge >= 0.3 is 0 Å². The predicted molar refractivity (Wildman–Crippen MR) is 85.0 cm³/mol. The number of carbonyl (C=O) groups excluding carboxylic acids is 1. The standard InChI is InChI=1S/C16H17FN2O3S/c1-11-5-6-13(10-15(11)23(18,21)22)16(20)19-8-7-12-3-2-4-14(17)9-12/h2-6,9-10H,7-8H2,1H3,(H,19,20)(H2,18,21,22). The van der Waals surface area contributed by atoms with Gasteiger partial charge in [-0.05, 0) is 48.7 Å². The van der Waals surface area contributed by atoms with Crippen molar-refractivity contribution in [1.29, 1.82) is 0 Å². The van der Waals surface area contributed by atoms with Crippen LogP contribution in [0.25, 0.3) is 0 Å². The van der Waals surface area contributed by atoms with Crippen molar-refractivity contribution >= 4 is 15.9 Å². The Morgan fingerprint density at radius 2 is 1.96 bits per heavy atom. The molecule has 7 heteroatoms. The minimum absolute atomic E-state index is 0.0738. The maximum absolute atomic E-state index is 13.1. The van der Waals surface area contributed by atoms with Crippen molar-refractivity contribution in [2.45, 2.75) is 18.2 Å². The third kappa shape index (κ3) is 4.61. The van der Waals surface area contributed by atoms with E-state index in [0.717, 1.165) is 5.56 Å². The van der Waals surface area contributed by atoms with E-state index in [9.17, 15) is 17.6 Å². The molecule has 0 unspecified atom stereocenters. The highest BCUT2D eigenvalue weighted by atomic mass is 32.2. The topological polar surface area (TPSA) is 89.3 Å². The number of hydrogen-bond acceptors (Lipinski definition) is 3. The molecule has 0 aliphatic rings. The quantitative estimate of drug-likeness (QED) is 0.872. The summed E-state index contributed by atoms with van der Waals surface area (Å²) in [5.41, 5.74) is 1.45. The molecule has 0 fully saturated rings. The maximum atomic E-state index is 13.1. The average Bonchev–Trinajstić information content (AvgIpc) is 2.46. The van der Waals surface area contributed by atoms with Crippen LogP contribution < -0.4 is 10.5 Å². The number of primary sulfonamides is 1. The summed E-state index contributed by atoms with van der Waals surface area (Å²) in [5.74, 6) is -0.739. The van der Waals surface area contributed by atoms with Crippen LogP contribution in [-0.2, 0) is 16.4 Å². The van der Waals surface area contributed by atoms with E-state index < -0.39 is 15.9 Å². The molecule has 0 saturated carbocycles. The van der Waals surface area contributed by atoms with Crippen molar-refractivity contribution < 1.29 is 17.6 Å². The first-order chi connectivity index (χ1) is 10.8. The van der Waals surface area contributed by atoms with E-state index in [1.807, 2.05) is 0 Å². The summed E-state index contributed by atoms with van der Waals surface area (Å²) < 4.78 is 36.0. The van der Waals surface area contributed by atoms with E-state index in [-0.39, 0.29) is 16.3 Å². The first-order valence-electron chi connectivity index (χ1n) is 6.93. The zero-order valence-electron chi connectivity index (χ0n) is 12.5. The second-order valence-corrected chi connectivity index (χ2v) is 6.69. The van der Waals surface area contributed by atoms with Crippen molar-refractivity contribution in [3.63, 3.8) is 0 Å². The van der Waals surface area contributed by atoms with Gasteiger partial charge in [0.15, 0.2) is 0 Å². The average molecular weight is 336 g/mol. The third-order valence-corrected chi connectivity index (χ3v) is 4.40. The molecule has 5 nitrogen and oxygen atoms in total. The van der Waals surface area contributed by atoms with Gasteiger partial charge in [0.25, 0.3) is 5.91 Å². The molecule has 0 aromatic heterocycles. The zero-order chi connectivity index (χ0) is 17.0. The van der Waals surface area contributed by atoms with E-state index in [4.69, 9.17) is 5.14 Å². The van der Waals surface area contributed by atoms with Gasteiger partial charge < -0.3 is 5.32 Å². The summed E-state index contributed by atoms with van der Waals surface area (Å²) in [6.07, 6.45) is 0.470. The third-order valence-electron chi connectivity index (χ3n) is 3.35. The van der Waals surface area contributed by atoms with Gasteiger partial charge in [-0.2, -0.15) is 0 Å². The van der Waals surface area contributed by atoms with Gasteiger partial charge in [0.1, 0.15) is 5.82 Å². The number of nitrogens with one attached hydrogen (secondary N) is 1. The van der Waals surface area contributed by atoms with Crippen LogP contribution in [0.5, 0.6) is 0 Å². The van der Waals surface area contributed by atoms with Crippen molar-refractivity contribution in [2.24, 2.45) is 5.14 Å². The van der Waals surface area contributed by atoms with Crippen LogP contribution in [0.3, 0.4) is 0 Å². The van der Waals surface area contributed by atoms with Gasteiger partial charge in [-0.25, -0.2) is 17.9 Å². The largest absolute Gasteiger partial charge is 0.352 e. The summed E-state index contributed by atoms with van der Waals surface area (Å²) in [6.45, 7) is 1.91. The lowest BCUT2D eigenvalue weighted by Gasteiger charge is -2.08. The van der Waals surface area contributed by atoms with Crippen molar-refractivity contribution in [3.8, 4) is 0 Å². The van der Waals surface area contributed by atoms with Gasteiger partial charge in [0.05, 0.1) is 4.90 Å². The highest BCUT2D eigenvalue weighted by Crippen LogP contribution is 2.15. The summed E-state index contributed by atoms with van der Waals surface area (Å²) in [7, 11) is -3.88. The molecular formula is C16H17FN2O3S. The lowest BCUT2D eigenvalue weighted by Crippen LogP contribution is -2.26. The Labute approximate surface area is 134 Å². The maximum Gasteiger partial charge on any atom is 0.251 e. The van der Waals surface area contributed by atoms with Crippen molar-refractivity contribution in [3.05, 3.63) is 65.0 Å². The number of sulfonamides is 1. The fourth-order valence-corrected chi connectivity index (χ4v) is 2.97. The van der Waals surface area contributed by atoms with Gasteiger partial charge in [0, 0.05) is 12.1 Å². The van der Waals surface area contributed by atoms with Gasteiger partial charge in [-0.15, -0.1) is 0 Å². The smallest absolute Gasteiger partial charge is 0.251 e. The highest BCUT2D eigenvalue weighted by molar-refractivity contribution is 7.89. The second kappa shape index (κ2) is 6.89. The van der Waals surface area contributed by atoms with Crippen LogP contribution >= 0.6 is 0 Å². The molecule has 0 aliphatic carbocycles. The Hall–Kier alpha value is -2.25. The number of aryl methyl sites for hydroxylation is 1. The number of hydrogen-bond donors (Lipinski definition) is 2. The molecule has 2 aromatic carbocycles. The van der Waals surface area contributed by atoms with Gasteiger partial charge in [0.2, 0.25) is 10.0 Å². The van der Waals surface area contributed by atoms with Crippen LogP contribution in [0.2, 0.25) is 0 Å². The SMILES string of the molecule is Cc1ccc(C(=O)NCCc2cccc(F)c2)cc1S(N)(=O)=O.